The van der Waals surface area contributed by atoms with Gasteiger partial charge in [-0.05, 0) is 48.9 Å². The highest BCUT2D eigenvalue weighted by Gasteiger charge is 2.18. The minimum absolute atomic E-state index is 0.177. The van der Waals surface area contributed by atoms with Gasteiger partial charge in [0.15, 0.2) is 11.0 Å². The number of hydrogen-bond donors (Lipinski definition) is 0. The van der Waals surface area contributed by atoms with Crippen LogP contribution in [0.15, 0.2) is 52.0 Å². The maximum absolute atomic E-state index is 6.40. The number of methoxy groups -OCH3 is 1. The molecule has 2 heterocycles. The molecule has 0 aliphatic rings. The molecule has 2 aromatic heterocycles. The molecule has 0 fully saturated rings. The maximum atomic E-state index is 6.40. The third kappa shape index (κ3) is 5.48. The average molecular weight is 486 g/mol. The third-order valence-corrected chi connectivity index (χ3v) is 6.16. The first-order chi connectivity index (χ1) is 15.9. The first-order valence-electron chi connectivity index (χ1n) is 10.4. The molecule has 0 unspecified atom stereocenters. The van der Waals surface area contributed by atoms with E-state index in [1.54, 1.807) is 7.11 Å². The predicted molar refractivity (Wildman–Crippen MR) is 126 cm³/mol. The highest BCUT2D eigenvalue weighted by atomic mass is 35.5. The number of ether oxygens (including phenoxy) is 2. The molecule has 0 amide bonds. The van der Waals surface area contributed by atoms with E-state index >= 15 is 0 Å². The summed E-state index contributed by atoms with van der Waals surface area (Å²) < 4.78 is 18.8. The van der Waals surface area contributed by atoms with Crippen LogP contribution in [0.1, 0.15) is 42.9 Å². The van der Waals surface area contributed by atoms with Gasteiger partial charge in [0.25, 0.3) is 0 Å². The van der Waals surface area contributed by atoms with Gasteiger partial charge in [0.1, 0.15) is 18.1 Å². The molecule has 0 radical (unpaired) electrons. The summed E-state index contributed by atoms with van der Waals surface area (Å²) in [5.41, 5.74) is 1.84. The molecule has 0 aliphatic carbocycles. The van der Waals surface area contributed by atoms with Crippen molar-refractivity contribution < 1.29 is 13.9 Å². The fourth-order valence-corrected chi connectivity index (χ4v) is 3.95. The monoisotopic (exact) mass is 485 g/mol. The Hall–Kier alpha value is -3.04. The van der Waals surface area contributed by atoms with Gasteiger partial charge in [-0.3, -0.25) is 4.57 Å². The Bertz CT molecular complexity index is 1220. The maximum Gasteiger partial charge on any atom is 0.226 e. The number of aryl methyl sites for hydroxylation is 1. The Morgan fingerprint density at radius 3 is 2.45 bits per heavy atom. The van der Waals surface area contributed by atoms with Crippen molar-refractivity contribution in [2.75, 3.05) is 7.11 Å². The molecule has 0 saturated heterocycles. The van der Waals surface area contributed by atoms with E-state index in [0.29, 0.717) is 39.3 Å². The zero-order chi connectivity index (χ0) is 23.4. The van der Waals surface area contributed by atoms with Crippen LogP contribution in [0, 0.1) is 6.92 Å². The number of thioether (sulfide) groups is 1. The molecular weight excluding hydrogens is 462 g/mol. The van der Waals surface area contributed by atoms with Crippen LogP contribution in [0.25, 0.3) is 5.69 Å². The SMILES string of the molecule is COc1ccc(OCc2nnc(SCc3nnc(C(C)C)o3)n2-c2ccc(C)c(Cl)c2)cc1. The molecule has 0 atom stereocenters. The molecule has 8 nitrogen and oxygen atoms in total. The topological polar surface area (TPSA) is 88.1 Å². The van der Waals surface area contributed by atoms with Crippen molar-refractivity contribution in [1.82, 2.24) is 25.0 Å². The summed E-state index contributed by atoms with van der Waals surface area (Å²) in [6, 6.07) is 13.2. The third-order valence-electron chi connectivity index (χ3n) is 4.84. The van der Waals surface area contributed by atoms with Gasteiger partial charge in [0, 0.05) is 10.9 Å². The van der Waals surface area contributed by atoms with Gasteiger partial charge in [-0.15, -0.1) is 20.4 Å². The Labute approximate surface area is 201 Å². The highest BCUT2D eigenvalue weighted by Crippen LogP contribution is 2.28. The predicted octanol–water partition coefficient (Wildman–Crippen LogP) is 5.62. The second-order valence-corrected chi connectivity index (χ2v) is 8.96. The molecule has 33 heavy (non-hydrogen) atoms. The molecule has 172 valence electrons. The van der Waals surface area contributed by atoms with Crippen LogP contribution < -0.4 is 9.47 Å². The second-order valence-electron chi connectivity index (χ2n) is 7.61. The van der Waals surface area contributed by atoms with Crippen LogP contribution in [0.4, 0.5) is 0 Å². The van der Waals surface area contributed by atoms with Crippen molar-refractivity contribution in [3.8, 4) is 17.2 Å². The zero-order valence-corrected chi connectivity index (χ0v) is 20.4. The van der Waals surface area contributed by atoms with E-state index in [1.165, 1.54) is 11.8 Å². The Morgan fingerprint density at radius 1 is 1.03 bits per heavy atom. The first-order valence-corrected chi connectivity index (χ1v) is 11.7. The van der Waals surface area contributed by atoms with Crippen LogP contribution in [0.2, 0.25) is 5.02 Å². The Morgan fingerprint density at radius 2 is 1.79 bits per heavy atom. The van der Waals surface area contributed by atoms with Crippen molar-refractivity contribution in [3.63, 3.8) is 0 Å². The van der Waals surface area contributed by atoms with Crippen LogP contribution in [-0.4, -0.2) is 32.1 Å². The quantitative estimate of drug-likeness (QED) is 0.282. The summed E-state index contributed by atoms with van der Waals surface area (Å²) in [4.78, 5) is 0. The number of benzene rings is 2. The molecular formula is C23H24ClN5O3S. The number of nitrogens with zero attached hydrogens (tertiary/aromatic N) is 5. The van der Waals surface area contributed by atoms with E-state index in [2.05, 4.69) is 20.4 Å². The van der Waals surface area contributed by atoms with Gasteiger partial charge in [0.05, 0.1) is 18.6 Å². The lowest BCUT2D eigenvalue weighted by atomic mass is 10.2. The molecule has 0 aliphatic heterocycles. The average Bonchev–Trinajstić information content (AvgIpc) is 3.45. The number of aromatic nitrogens is 5. The fraction of sp³-hybridized carbons (Fsp3) is 0.304. The van der Waals surface area contributed by atoms with Crippen LogP contribution in [-0.2, 0) is 12.4 Å². The summed E-state index contributed by atoms with van der Waals surface area (Å²) in [6.45, 7) is 6.21. The van der Waals surface area contributed by atoms with Gasteiger partial charge in [-0.2, -0.15) is 0 Å². The van der Waals surface area contributed by atoms with Gasteiger partial charge < -0.3 is 13.9 Å². The second kappa shape index (κ2) is 10.3. The van der Waals surface area contributed by atoms with E-state index in [-0.39, 0.29) is 12.5 Å². The minimum Gasteiger partial charge on any atom is -0.497 e. The number of halogens is 1. The van der Waals surface area contributed by atoms with Gasteiger partial charge in [0.2, 0.25) is 11.8 Å². The van der Waals surface area contributed by atoms with E-state index < -0.39 is 0 Å². The highest BCUT2D eigenvalue weighted by molar-refractivity contribution is 7.98. The molecule has 0 bridgehead atoms. The lowest BCUT2D eigenvalue weighted by Gasteiger charge is -2.12. The van der Waals surface area contributed by atoms with E-state index in [0.717, 1.165) is 17.0 Å². The zero-order valence-electron chi connectivity index (χ0n) is 18.8. The smallest absolute Gasteiger partial charge is 0.226 e. The van der Waals surface area contributed by atoms with Crippen molar-refractivity contribution in [2.24, 2.45) is 0 Å². The molecule has 4 rings (SSSR count). The molecule has 0 spiro atoms. The summed E-state index contributed by atoms with van der Waals surface area (Å²) in [6.07, 6.45) is 0. The first kappa shape index (κ1) is 23.1. The van der Waals surface area contributed by atoms with Crippen molar-refractivity contribution >= 4 is 23.4 Å². The van der Waals surface area contributed by atoms with E-state index in [4.69, 9.17) is 25.5 Å². The Balaban J connectivity index is 1.58. The van der Waals surface area contributed by atoms with E-state index in [9.17, 15) is 0 Å². The largest absolute Gasteiger partial charge is 0.497 e. The van der Waals surface area contributed by atoms with Crippen molar-refractivity contribution in [2.45, 2.75) is 44.2 Å². The van der Waals surface area contributed by atoms with Crippen LogP contribution >= 0.6 is 23.4 Å². The van der Waals surface area contributed by atoms with E-state index in [1.807, 2.05) is 67.8 Å². The standard InChI is InChI=1S/C23H24ClN5O3S/c1-14(2)22-27-26-21(32-22)13-33-23-28-25-20(12-31-18-9-7-17(30-4)8-10-18)29(23)16-6-5-15(3)19(24)11-16/h5-11,14H,12-13H2,1-4H3. The lowest BCUT2D eigenvalue weighted by Crippen LogP contribution is -2.07. The van der Waals surface area contributed by atoms with Gasteiger partial charge >= 0.3 is 0 Å². The lowest BCUT2D eigenvalue weighted by molar-refractivity contribution is 0.292. The Kier molecular flexibility index (Phi) is 7.20. The molecule has 4 aromatic rings. The van der Waals surface area contributed by atoms with Gasteiger partial charge in [-0.1, -0.05) is 43.3 Å². The van der Waals surface area contributed by atoms with Crippen molar-refractivity contribution in [3.05, 3.63) is 70.7 Å². The molecule has 10 heteroatoms. The van der Waals surface area contributed by atoms with Gasteiger partial charge in [-0.25, -0.2) is 0 Å². The summed E-state index contributed by atoms with van der Waals surface area (Å²) in [7, 11) is 1.63. The molecule has 2 aromatic carbocycles. The number of rotatable bonds is 9. The van der Waals surface area contributed by atoms with Crippen LogP contribution in [0.3, 0.4) is 0 Å². The molecule has 0 N–H and O–H groups in total. The van der Waals surface area contributed by atoms with Crippen LogP contribution in [0.5, 0.6) is 11.5 Å². The summed E-state index contributed by atoms with van der Waals surface area (Å²) >= 11 is 7.86. The van der Waals surface area contributed by atoms with Crippen molar-refractivity contribution in [1.29, 1.82) is 0 Å². The normalized spacial score (nSPS) is 11.2. The minimum atomic E-state index is 0.177. The number of hydrogen-bond acceptors (Lipinski definition) is 8. The fourth-order valence-electron chi connectivity index (χ4n) is 2.97. The summed E-state index contributed by atoms with van der Waals surface area (Å²) in [5, 5.41) is 18.3. The summed E-state index contributed by atoms with van der Waals surface area (Å²) in [5.74, 6) is 3.91. The molecule has 0 saturated carbocycles.